The van der Waals surface area contributed by atoms with Gasteiger partial charge >= 0.3 is 5.63 Å². The molecule has 1 aromatic heterocycles. The molecule has 0 aliphatic carbocycles. The fourth-order valence-electron chi connectivity index (χ4n) is 2.13. The molecule has 2 aromatic carbocycles. The van der Waals surface area contributed by atoms with Gasteiger partial charge in [-0.25, -0.2) is 4.79 Å². The van der Waals surface area contributed by atoms with E-state index >= 15 is 0 Å². The zero-order chi connectivity index (χ0) is 15.0. The van der Waals surface area contributed by atoms with Gasteiger partial charge in [0.25, 0.3) is 0 Å². The highest BCUT2D eigenvalue weighted by atomic mass is 35.5. The van der Waals surface area contributed by atoms with Crippen LogP contribution in [0.15, 0.2) is 57.7 Å². The molecule has 0 aliphatic rings. The van der Waals surface area contributed by atoms with Crippen molar-refractivity contribution in [2.45, 2.75) is 0 Å². The van der Waals surface area contributed by atoms with Crippen LogP contribution in [0.1, 0.15) is 11.1 Å². The monoisotopic (exact) mass is 299 g/mol. The number of nitrogens with one attached hydrogen (secondary N) is 1. The maximum absolute atomic E-state index is 12.1. The van der Waals surface area contributed by atoms with Gasteiger partial charge in [-0.2, -0.15) is 0 Å². The summed E-state index contributed by atoms with van der Waals surface area (Å²) in [6.45, 7) is 0. The van der Waals surface area contributed by atoms with Crippen LogP contribution in [0, 0.1) is 5.41 Å². The molecule has 0 saturated carbocycles. The molecule has 5 heteroatoms. The molecule has 2 N–H and O–H groups in total. The summed E-state index contributed by atoms with van der Waals surface area (Å²) in [7, 11) is 0. The molecule has 4 nitrogen and oxygen atoms in total. The van der Waals surface area contributed by atoms with E-state index in [0.29, 0.717) is 16.0 Å². The van der Waals surface area contributed by atoms with Crippen molar-refractivity contribution in [2.75, 3.05) is 0 Å². The van der Waals surface area contributed by atoms with E-state index in [-0.39, 0.29) is 22.6 Å². The van der Waals surface area contributed by atoms with Crippen LogP contribution in [0.4, 0.5) is 0 Å². The third kappa shape index (κ3) is 2.30. The van der Waals surface area contributed by atoms with Crippen molar-refractivity contribution in [1.82, 2.24) is 0 Å². The minimum absolute atomic E-state index is 0.0938. The fourth-order valence-corrected chi connectivity index (χ4v) is 2.30. The van der Waals surface area contributed by atoms with Crippen molar-refractivity contribution < 1.29 is 9.52 Å². The lowest BCUT2D eigenvalue weighted by molar-refractivity contribution is 0.466. The molecule has 0 fully saturated rings. The molecule has 21 heavy (non-hydrogen) atoms. The first-order valence-corrected chi connectivity index (χ1v) is 6.55. The van der Waals surface area contributed by atoms with Crippen LogP contribution in [0.5, 0.6) is 5.75 Å². The molecule has 3 aromatic rings. The van der Waals surface area contributed by atoms with Crippen LogP contribution in [0.3, 0.4) is 0 Å². The van der Waals surface area contributed by atoms with E-state index in [1.165, 1.54) is 12.1 Å². The van der Waals surface area contributed by atoms with Crippen LogP contribution in [0.2, 0.25) is 5.02 Å². The maximum atomic E-state index is 12.1. The van der Waals surface area contributed by atoms with E-state index in [4.69, 9.17) is 21.4 Å². The summed E-state index contributed by atoms with van der Waals surface area (Å²) in [4.78, 5) is 12.1. The van der Waals surface area contributed by atoms with Crippen molar-refractivity contribution in [3.63, 3.8) is 0 Å². The van der Waals surface area contributed by atoms with E-state index in [9.17, 15) is 9.90 Å². The minimum Gasteiger partial charge on any atom is -0.506 e. The summed E-state index contributed by atoms with van der Waals surface area (Å²) in [6, 6.07) is 13.2. The summed E-state index contributed by atoms with van der Waals surface area (Å²) in [5, 5.41) is 19.2. The average Bonchev–Trinajstić information content (AvgIpc) is 2.49. The third-order valence-corrected chi connectivity index (χ3v) is 3.39. The van der Waals surface area contributed by atoms with E-state index in [0.717, 1.165) is 0 Å². The van der Waals surface area contributed by atoms with Gasteiger partial charge in [-0.1, -0.05) is 41.9 Å². The van der Waals surface area contributed by atoms with Crippen LogP contribution >= 0.6 is 11.6 Å². The van der Waals surface area contributed by atoms with Crippen molar-refractivity contribution >= 4 is 28.3 Å². The first-order chi connectivity index (χ1) is 10.1. The number of hydrogen-bond acceptors (Lipinski definition) is 4. The molecule has 3 rings (SSSR count). The molecule has 1 heterocycles. The van der Waals surface area contributed by atoms with E-state index in [1.807, 2.05) is 0 Å². The van der Waals surface area contributed by atoms with Crippen molar-refractivity contribution in [3.05, 3.63) is 75.1 Å². The summed E-state index contributed by atoms with van der Waals surface area (Å²) in [6.07, 6.45) is 0. The lowest BCUT2D eigenvalue weighted by Crippen LogP contribution is -2.15. The standard InChI is InChI=1S/C16H10ClNO3/c17-10-6-7-12-11(8-10)15(19)13(16(20)21-12)14(18)9-4-2-1-3-5-9/h1-8,18-19H. The lowest BCUT2D eigenvalue weighted by Gasteiger charge is -2.08. The number of halogens is 1. The molecular weight excluding hydrogens is 290 g/mol. The third-order valence-electron chi connectivity index (χ3n) is 3.15. The Hall–Kier alpha value is -2.59. The minimum atomic E-state index is -0.754. The van der Waals surface area contributed by atoms with Gasteiger partial charge in [-0.05, 0) is 18.2 Å². The Morgan fingerprint density at radius 1 is 1.14 bits per heavy atom. The van der Waals surface area contributed by atoms with E-state index < -0.39 is 5.63 Å². The fraction of sp³-hybridized carbons (Fsp3) is 0. The molecule has 0 bridgehead atoms. The number of benzene rings is 2. The van der Waals surface area contributed by atoms with Gasteiger partial charge in [0, 0.05) is 10.6 Å². The molecular formula is C16H10ClNO3. The van der Waals surface area contributed by atoms with Crippen LogP contribution in [-0.2, 0) is 0 Å². The Labute approximate surface area is 124 Å². The van der Waals surface area contributed by atoms with Crippen molar-refractivity contribution in [3.8, 4) is 5.75 Å². The maximum Gasteiger partial charge on any atom is 0.349 e. The van der Waals surface area contributed by atoms with Crippen LogP contribution < -0.4 is 5.63 Å². The first kappa shape index (κ1) is 13.4. The highest BCUT2D eigenvalue weighted by Crippen LogP contribution is 2.29. The zero-order valence-corrected chi connectivity index (χ0v) is 11.5. The van der Waals surface area contributed by atoms with Gasteiger partial charge in [0.05, 0.1) is 11.1 Å². The van der Waals surface area contributed by atoms with E-state index in [2.05, 4.69) is 0 Å². The SMILES string of the molecule is N=C(c1ccccc1)c1c(O)c2cc(Cl)ccc2oc1=O. The average molecular weight is 300 g/mol. The quantitative estimate of drug-likeness (QED) is 0.561. The highest BCUT2D eigenvalue weighted by Gasteiger charge is 2.19. The van der Waals surface area contributed by atoms with Crippen molar-refractivity contribution in [2.24, 2.45) is 0 Å². The molecule has 0 aliphatic heterocycles. The topological polar surface area (TPSA) is 74.3 Å². The summed E-state index contributed by atoms with van der Waals surface area (Å²) in [5.41, 5.74) is -0.274. The number of hydrogen-bond donors (Lipinski definition) is 2. The Bertz CT molecular complexity index is 901. The Morgan fingerprint density at radius 3 is 2.57 bits per heavy atom. The lowest BCUT2D eigenvalue weighted by atomic mass is 10.0. The summed E-state index contributed by atoms with van der Waals surface area (Å²) in [5.74, 6) is -0.294. The number of aromatic hydroxyl groups is 1. The molecule has 0 saturated heterocycles. The summed E-state index contributed by atoms with van der Waals surface area (Å²) >= 11 is 5.89. The number of rotatable bonds is 2. The second kappa shape index (κ2) is 5.07. The van der Waals surface area contributed by atoms with Gasteiger partial charge in [0.1, 0.15) is 16.9 Å². The molecule has 0 radical (unpaired) electrons. The van der Waals surface area contributed by atoms with Crippen LogP contribution in [-0.4, -0.2) is 10.8 Å². The molecule has 0 amide bonds. The second-order valence-electron chi connectivity index (χ2n) is 4.49. The second-order valence-corrected chi connectivity index (χ2v) is 4.93. The normalized spacial score (nSPS) is 10.7. The van der Waals surface area contributed by atoms with Crippen molar-refractivity contribution in [1.29, 1.82) is 5.41 Å². The Balaban J connectivity index is 2.28. The predicted octanol–water partition coefficient (Wildman–Crippen LogP) is 3.57. The largest absolute Gasteiger partial charge is 0.506 e. The zero-order valence-electron chi connectivity index (χ0n) is 10.8. The van der Waals surface area contributed by atoms with Gasteiger partial charge in [0.15, 0.2) is 0 Å². The van der Waals surface area contributed by atoms with Gasteiger partial charge < -0.3 is 9.52 Å². The highest BCUT2D eigenvalue weighted by molar-refractivity contribution is 6.31. The molecule has 0 spiro atoms. The van der Waals surface area contributed by atoms with Gasteiger partial charge in [0.2, 0.25) is 0 Å². The Morgan fingerprint density at radius 2 is 1.86 bits per heavy atom. The number of fused-ring (bicyclic) bond motifs is 1. The smallest absolute Gasteiger partial charge is 0.349 e. The summed E-state index contributed by atoms with van der Waals surface area (Å²) < 4.78 is 5.16. The first-order valence-electron chi connectivity index (χ1n) is 6.17. The molecule has 104 valence electrons. The Kier molecular flexibility index (Phi) is 3.23. The molecule has 0 atom stereocenters. The van der Waals surface area contributed by atoms with E-state index in [1.54, 1.807) is 36.4 Å². The van der Waals surface area contributed by atoms with Gasteiger partial charge in [-0.3, -0.25) is 5.41 Å². The van der Waals surface area contributed by atoms with Crippen LogP contribution in [0.25, 0.3) is 11.0 Å². The predicted molar refractivity (Wildman–Crippen MR) is 81.5 cm³/mol. The van der Waals surface area contributed by atoms with Gasteiger partial charge in [-0.15, -0.1) is 0 Å². The molecule has 0 unspecified atom stereocenters.